The topological polar surface area (TPSA) is 99.9 Å². The van der Waals surface area contributed by atoms with Gasteiger partial charge in [-0.1, -0.05) is 0 Å². The fraction of sp³-hybridized carbons (Fsp3) is 0.333. The summed E-state index contributed by atoms with van der Waals surface area (Å²) in [6.45, 7) is 3.69. The highest BCUT2D eigenvalue weighted by molar-refractivity contribution is 7.13. The van der Waals surface area contributed by atoms with Gasteiger partial charge in [0.05, 0.1) is 17.2 Å². The van der Waals surface area contributed by atoms with Gasteiger partial charge in [0.25, 0.3) is 0 Å². The minimum absolute atomic E-state index is 0.0631. The van der Waals surface area contributed by atoms with Gasteiger partial charge in [0.1, 0.15) is 11.4 Å². The number of nitrogens with two attached hydrogens (primary N) is 1. The predicted molar refractivity (Wildman–Crippen MR) is 64.0 cm³/mol. The first-order valence-corrected chi connectivity index (χ1v) is 5.75. The molecule has 0 saturated carbocycles. The first-order chi connectivity index (χ1) is 7.99. The van der Waals surface area contributed by atoms with Crippen LogP contribution in [0.15, 0.2) is 5.38 Å². The van der Waals surface area contributed by atoms with Crippen LogP contribution in [0.2, 0.25) is 0 Å². The Labute approximate surface area is 101 Å². The molecule has 0 spiro atoms. The number of anilines is 1. The lowest BCUT2D eigenvalue weighted by Gasteiger charge is -1.99. The summed E-state index contributed by atoms with van der Waals surface area (Å²) in [6, 6.07) is 0. The van der Waals surface area contributed by atoms with Crippen molar-refractivity contribution >= 4 is 22.2 Å². The number of thiazole rings is 1. The van der Waals surface area contributed by atoms with E-state index in [4.69, 9.17) is 5.73 Å². The minimum atomic E-state index is -0.413. The summed E-state index contributed by atoms with van der Waals surface area (Å²) in [6.07, 6.45) is 0. The average Bonchev–Trinajstić information content (AvgIpc) is 2.73. The molecule has 0 aliphatic carbocycles. The molecule has 0 unspecified atom stereocenters. The molecule has 2 rings (SSSR count). The zero-order valence-electron chi connectivity index (χ0n) is 9.38. The molecule has 0 aromatic carbocycles. The molecular formula is C9H11N5O2S. The van der Waals surface area contributed by atoms with Crippen molar-refractivity contribution in [3.63, 3.8) is 0 Å². The highest BCUT2D eigenvalue weighted by Gasteiger charge is 2.21. The summed E-state index contributed by atoms with van der Waals surface area (Å²) in [5, 5.41) is 17.3. The Balaban J connectivity index is 2.34. The molecule has 2 aromatic heterocycles. The van der Waals surface area contributed by atoms with Crippen molar-refractivity contribution in [1.29, 1.82) is 0 Å². The molecule has 0 radical (unpaired) electrons. The van der Waals surface area contributed by atoms with Crippen molar-refractivity contribution < 1.29 is 4.92 Å². The van der Waals surface area contributed by atoms with Crippen LogP contribution in [0.3, 0.4) is 0 Å². The highest BCUT2D eigenvalue weighted by atomic mass is 32.1. The second-order valence-corrected chi connectivity index (χ2v) is 4.50. The zero-order chi connectivity index (χ0) is 12.6. The van der Waals surface area contributed by atoms with Crippen molar-refractivity contribution in [2.24, 2.45) is 0 Å². The lowest BCUT2D eigenvalue weighted by atomic mass is 10.3. The molecule has 2 aromatic rings. The second-order valence-electron chi connectivity index (χ2n) is 3.61. The van der Waals surface area contributed by atoms with Gasteiger partial charge in [0, 0.05) is 5.38 Å². The number of nitro groups is 1. The standard InChI is InChI=1S/C9H11N5O2S/c1-5-8(14(15)16)6(2)13(12-5)3-7-4-17-9(10)11-7/h4H,3H2,1-2H3,(H2,10,11). The maximum Gasteiger partial charge on any atom is 0.312 e. The molecule has 7 nitrogen and oxygen atoms in total. The van der Waals surface area contributed by atoms with Crippen LogP contribution in [0, 0.1) is 24.0 Å². The Bertz CT molecular complexity index is 574. The van der Waals surface area contributed by atoms with Gasteiger partial charge in [-0.3, -0.25) is 14.8 Å². The minimum Gasteiger partial charge on any atom is -0.375 e. The van der Waals surface area contributed by atoms with Gasteiger partial charge in [-0.15, -0.1) is 11.3 Å². The fourth-order valence-electron chi connectivity index (χ4n) is 1.65. The number of hydrogen-bond donors (Lipinski definition) is 1. The van der Waals surface area contributed by atoms with E-state index in [1.165, 1.54) is 11.3 Å². The maximum atomic E-state index is 10.8. The smallest absolute Gasteiger partial charge is 0.312 e. The number of nitrogens with zero attached hydrogens (tertiary/aromatic N) is 4. The maximum absolute atomic E-state index is 10.8. The van der Waals surface area contributed by atoms with Crippen LogP contribution in [0.25, 0.3) is 0 Å². The van der Waals surface area contributed by atoms with Crippen LogP contribution in [-0.2, 0) is 6.54 Å². The number of rotatable bonds is 3. The molecule has 2 heterocycles. The third-order valence-electron chi connectivity index (χ3n) is 2.41. The molecule has 2 N–H and O–H groups in total. The largest absolute Gasteiger partial charge is 0.375 e. The van der Waals surface area contributed by atoms with E-state index in [-0.39, 0.29) is 5.69 Å². The molecule has 0 amide bonds. The van der Waals surface area contributed by atoms with Crippen molar-refractivity contribution in [1.82, 2.24) is 14.8 Å². The van der Waals surface area contributed by atoms with Gasteiger partial charge in [0.15, 0.2) is 5.13 Å². The fourth-order valence-corrected chi connectivity index (χ4v) is 2.21. The lowest BCUT2D eigenvalue weighted by Crippen LogP contribution is -2.04. The SMILES string of the molecule is Cc1nn(Cc2csc(N)n2)c(C)c1[N+](=O)[O-]. The van der Waals surface area contributed by atoms with Crippen LogP contribution >= 0.6 is 11.3 Å². The number of hydrogen-bond acceptors (Lipinski definition) is 6. The Morgan fingerprint density at radius 2 is 2.29 bits per heavy atom. The van der Waals surface area contributed by atoms with Gasteiger partial charge in [-0.2, -0.15) is 5.10 Å². The summed E-state index contributed by atoms with van der Waals surface area (Å²) < 4.78 is 1.57. The quantitative estimate of drug-likeness (QED) is 0.659. The normalized spacial score (nSPS) is 10.7. The van der Waals surface area contributed by atoms with Gasteiger partial charge in [-0.05, 0) is 13.8 Å². The van der Waals surface area contributed by atoms with E-state index in [1.54, 1.807) is 18.5 Å². The van der Waals surface area contributed by atoms with Crippen molar-refractivity contribution in [2.45, 2.75) is 20.4 Å². The van der Waals surface area contributed by atoms with Crippen molar-refractivity contribution in [3.8, 4) is 0 Å². The van der Waals surface area contributed by atoms with Crippen molar-refractivity contribution in [3.05, 3.63) is 32.6 Å². The third-order valence-corrected chi connectivity index (χ3v) is 3.13. The van der Waals surface area contributed by atoms with E-state index in [0.717, 1.165) is 5.69 Å². The van der Waals surface area contributed by atoms with E-state index in [0.29, 0.717) is 23.1 Å². The summed E-state index contributed by atoms with van der Waals surface area (Å²) in [4.78, 5) is 14.5. The first-order valence-electron chi connectivity index (χ1n) is 4.87. The van der Waals surface area contributed by atoms with Crippen LogP contribution in [0.5, 0.6) is 0 Å². The predicted octanol–water partition coefficient (Wildman–Crippen LogP) is 1.50. The van der Waals surface area contributed by atoms with Crippen LogP contribution < -0.4 is 5.73 Å². The number of aromatic nitrogens is 3. The average molecular weight is 253 g/mol. The van der Waals surface area contributed by atoms with Gasteiger partial charge in [-0.25, -0.2) is 4.98 Å². The van der Waals surface area contributed by atoms with Gasteiger partial charge >= 0.3 is 5.69 Å². The van der Waals surface area contributed by atoms with E-state index in [1.807, 2.05) is 5.38 Å². The van der Waals surface area contributed by atoms with Crippen LogP contribution in [0.1, 0.15) is 17.1 Å². The van der Waals surface area contributed by atoms with Gasteiger partial charge < -0.3 is 5.73 Å². The van der Waals surface area contributed by atoms with E-state index < -0.39 is 4.92 Å². The molecule has 0 fully saturated rings. The summed E-state index contributed by atoms with van der Waals surface area (Å²) in [7, 11) is 0. The second kappa shape index (κ2) is 4.13. The van der Waals surface area contributed by atoms with Crippen LogP contribution in [0.4, 0.5) is 10.8 Å². The molecule has 17 heavy (non-hydrogen) atoms. The Morgan fingerprint density at radius 3 is 2.76 bits per heavy atom. The molecule has 0 bridgehead atoms. The molecule has 8 heteroatoms. The lowest BCUT2D eigenvalue weighted by molar-refractivity contribution is -0.386. The van der Waals surface area contributed by atoms with Gasteiger partial charge in [0.2, 0.25) is 0 Å². The number of aryl methyl sites for hydroxylation is 1. The van der Waals surface area contributed by atoms with E-state index >= 15 is 0 Å². The summed E-state index contributed by atoms with van der Waals surface area (Å²) in [5.74, 6) is 0. The Kier molecular flexibility index (Phi) is 2.80. The molecule has 0 aliphatic heterocycles. The Morgan fingerprint density at radius 1 is 1.59 bits per heavy atom. The van der Waals surface area contributed by atoms with Crippen LogP contribution in [-0.4, -0.2) is 19.7 Å². The molecule has 0 atom stereocenters. The molecule has 0 aliphatic rings. The zero-order valence-corrected chi connectivity index (χ0v) is 10.2. The summed E-state index contributed by atoms with van der Waals surface area (Å²) >= 11 is 1.34. The molecular weight excluding hydrogens is 242 g/mol. The first kappa shape index (κ1) is 11.5. The third kappa shape index (κ3) is 2.11. The summed E-state index contributed by atoms with van der Waals surface area (Å²) in [5.41, 5.74) is 7.28. The monoisotopic (exact) mass is 253 g/mol. The highest BCUT2D eigenvalue weighted by Crippen LogP contribution is 2.23. The van der Waals surface area contributed by atoms with E-state index in [2.05, 4.69) is 10.1 Å². The number of nitrogen functional groups attached to an aromatic ring is 1. The van der Waals surface area contributed by atoms with Crippen molar-refractivity contribution in [2.75, 3.05) is 5.73 Å². The molecule has 90 valence electrons. The Hall–Kier alpha value is -1.96. The molecule has 0 saturated heterocycles. The van der Waals surface area contributed by atoms with E-state index in [9.17, 15) is 10.1 Å².